The molecule has 2 aliphatic carbocycles. The van der Waals surface area contributed by atoms with E-state index >= 15 is 0 Å². The van der Waals surface area contributed by atoms with Crippen LogP contribution in [0.25, 0.3) is 49.7 Å². The largest absolute Gasteiger partial charge is 0.310 e. The first-order valence-electron chi connectivity index (χ1n) is 17.7. The zero-order valence-corrected chi connectivity index (χ0v) is 28.9. The van der Waals surface area contributed by atoms with Crippen molar-refractivity contribution in [2.24, 2.45) is 0 Å². The van der Waals surface area contributed by atoms with Crippen LogP contribution in [0.3, 0.4) is 0 Å². The van der Waals surface area contributed by atoms with Crippen molar-refractivity contribution in [3.05, 3.63) is 180 Å². The molecule has 0 bridgehead atoms. The van der Waals surface area contributed by atoms with Crippen LogP contribution < -0.4 is 4.90 Å². The third kappa shape index (κ3) is 3.91. The Labute approximate surface area is 293 Å². The summed E-state index contributed by atoms with van der Waals surface area (Å²) in [6.07, 6.45) is 0. The minimum absolute atomic E-state index is 0.0454. The van der Waals surface area contributed by atoms with Crippen molar-refractivity contribution in [1.82, 2.24) is 4.57 Å². The monoisotopic (exact) mass is 642 g/mol. The highest BCUT2D eigenvalue weighted by Crippen LogP contribution is 2.55. The molecule has 0 spiro atoms. The molecule has 0 aliphatic heterocycles. The molecule has 0 N–H and O–H groups in total. The van der Waals surface area contributed by atoms with E-state index in [1.54, 1.807) is 0 Å². The Morgan fingerprint density at radius 2 is 0.940 bits per heavy atom. The lowest BCUT2D eigenvalue weighted by Gasteiger charge is -2.30. The second-order valence-electron chi connectivity index (χ2n) is 15.0. The first-order valence-corrected chi connectivity index (χ1v) is 17.7. The highest BCUT2D eigenvalue weighted by molar-refractivity contribution is 6.09. The van der Waals surface area contributed by atoms with E-state index in [4.69, 9.17) is 0 Å². The molecular weight excluding hydrogens is 605 g/mol. The number of hydrogen-bond donors (Lipinski definition) is 0. The first-order chi connectivity index (χ1) is 24.3. The fourth-order valence-electron chi connectivity index (χ4n) is 9.15. The Balaban J connectivity index is 1.20. The Bertz CT molecular complexity index is 2600. The number of anilines is 3. The maximum absolute atomic E-state index is 2.49. The quantitative estimate of drug-likeness (QED) is 0.185. The Kier molecular flexibility index (Phi) is 6.01. The molecule has 0 saturated carbocycles. The van der Waals surface area contributed by atoms with Gasteiger partial charge in [0.15, 0.2) is 0 Å². The van der Waals surface area contributed by atoms with Crippen LogP contribution in [-0.2, 0) is 10.8 Å². The summed E-state index contributed by atoms with van der Waals surface area (Å²) in [6, 6.07) is 58.5. The maximum atomic E-state index is 2.49. The number of fused-ring (bicyclic) bond motifs is 9. The van der Waals surface area contributed by atoms with Gasteiger partial charge in [0.2, 0.25) is 0 Å². The topological polar surface area (TPSA) is 8.17 Å². The third-order valence-corrected chi connectivity index (χ3v) is 11.6. The fourth-order valence-corrected chi connectivity index (χ4v) is 9.15. The summed E-state index contributed by atoms with van der Waals surface area (Å²) in [7, 11) is 0. The average molecular weight is 643 g/mol. The molecule has 0 saturated heterocycles. The molecule has 2 nitrogen and oxygen atoms in total. The molecule has 0 fully saturated rings. The van der Waals surface area contributed by atoms with E-state index in [2.05, 4.69) is 195 Å². The highest BCUT2D eigenvalue weighted by Gasteiger charge is 2.39. The number of benzene rings is 7. The van der Waals surface area contributed by atoms with E-state index in [0.717, 1.165) is 17.1 Å². The number of nitrogens with zero attached hydrogens (tertiary/aromatic N) is 2. The Morgan fingerprint density at radius 3 is 1.64 bits per heavy atom. The van der Waals surface area contributed by atoms with Crippen molar-refractivity contribution < 1.29 is 0 Å². The standard InChI is InChI=1S/C48H38N2/c1-47(2)39-18-9-5-14-34(39)38-30-33(28-29-41(38)47)49(45-23-13-20-42-46(45)37-17-6-10-19-40(37)48(42,3)4)31-24-26-32(27-25-31)50-43-21-11-7-15-35(43)36-16-8-12-22-44(36)50/h5-30H,1-4H3. The predicted octanol–water partition coefficient (Wildman–Crippen LogP) is 12.9. The van der Waals surface area contributed by atoms with Crippen molar-refractivity contribution in [2.45, 2.75) is 38.5 Å². The average Bonchev–Trinajstić information content (AvgIpc) is 3.70. The van der Waals surface area contributed by atoms with E-state index in [0.29, 0.717) is 0 Å². The lowest BCUT2D eigenvalue weighted by molar-refractivity contribution is 0.660. The summed E-state index contributed by atoms with van der Waals surface area (Å²) in [5.41, 5.74) is 17.8. The third-order valence-electron chi connectivity index (χ3n) is 11.6. The summed E-state index contributed by atoms with van der Waals surface area (Å²) >= 11 is 0. The molecule has 1 heterocycles. The van der Waals surface area contributed by atoms with Gasteiger partial charge in [0.25, 0.3) is 0 Å². The molecule has 10 rings (SSSR count). The smallest absolute Gasteiger partial charge is 0.0543 e. The van der Waals surface area contributed by atoms with E-state index < -0.39 is 0 Å². The van der Waals surface area contributed by atoms with Crippen LogP contribution >= 0.6 is 0 Å². The normalized spacial score (nSPS) is 14.7. The van der Waals surface area contributed by atoms with Crippen molar-refractivity contribution >= 4 is 38.9 Å². The molecule has 0 radical (unpaired) electrons. The second kappa shape index (κ2) is 10.3. The van der Waals surface area contributed by atoms with Gasteiger partial charge in [0.05, 0.1) is 16.7 Å². The fraction of sp³-hybridized carbons (Fsp3) is 0.125. The number of para-hydroxylation sites is 2. The molecule has 8 aromatic rings. The Hall–Kier alpha value is -5.86. The predicted molar refractivity (Wildman–Crippen MR) is 211 cm³/mol. The van der Waals surface area contributed by atoms with Crippen LogP contribution in [0.1, 0.15) is 49.9 Å². The van der Waals surface area contributed by atoms with Gasteiger partial charge in [-0.25, -0.2) is 0 Å². The van der Waals surface area contributed by atoms with Gasteiger partial charge in [-0.2, -0.15) is 0 Å². The van der Waals surface area contributed by atoms with Gasteiger partial charge < -0.3 is 9.47 Å². The molecule has 7 aromatic carbocycles. The van der Waals surface area contributed by atoms with Gasteiger partial charge in [-0.1, -0.05) is 131 Å². The van der Waals surface area contributed by atoms with Crippen LogP contribution in [0.2, 0.25) is 0 Å². The van der Waals surface area contributed by atoms with Crippen LogP contribution in [-0.4, -0.2) is 4.57 Å². The molecule has 2 aliphatic rings. The van der Waals surface area contributed by atoms with Gasteiger partial charge in [-0.3, -0.25) is 0 Å². The van der Waals surface area contributed by atoms with Gasteiger partial charge >= 0.3 is 0 Å². The molecule has 0 atom stereocenters. The molecule has 2 heteroatoms. The van der Waals surface area contributed by atoms with Crippen molar-refractivity contribution in [2.75, 3.05) is 4.90 Å². The lowest BCUT2D eigenvalue weighted by atomic mass is 9.82. The summed E-state index contributed by atoms with van der Waals surface area (Å²) in [6.45, 7) is 9.43. The van der Waals surface area contributed by atoms with Gasteiger partial charge in [-0.15, -0.1) is 0 Å². The number of aromatic nitrogens is 1. The van der Waals surface area contributed by atoms with E-state index in [1.807, 2.05) is 0 Å². The molecular formula is C48H38N2. The van der Waals surface area contributed by atoms with Crippen LogP contribution in [0, 0.1) is 0 Å². The number of rotatable bonds is 4. The van der Waals surface area contributed by atoms with Gasteiger partial charge in [0.1, 0.15) is 0 Å². The van der Waals surface area contributed by atoms with Crippen molar-refractivity contribution in [3.63, 3.8) is 0 Å². The van der Waals surface area contributed by atoms with Crippen LogP contribution in [0.5, 0.6) is 0 Å². The molecule has 0 amide bonds. The minimum atomic E-state index is -0.0884. The van der Waals surface area contributed by atoms with E-state index in [1.165, 1.54) is 72.0 Å². The summed E-state index contributed by atoms with van der Waals surface area (Å²) < 4.78 is 2.40. The molecule has 1 aromatic heterocycles. The zero-order valence-electron chi connectivity index (χ0n) is 28.9. The summed E-state index contributed by atoms with van der Waals surface area (Å²) in [5, 5.41) is 2.55. The summed E-state index contributed by atoms with van der Waals surface area (Å²) in [4.78, 5) is 2.49. The number of hydrogen-bond acceptors (Lipinski definition) is 1. The van der Waals surface area contributed by atoms with Crippen LogP contribution in [0.4, 0.5) is 17.1 Å². The summed E-state index contributed by atoms with van der Waals surface area (Å²) in [5.74, 6) is 0. The molecule has 50 heavy (non-hydrogen) atoms. The van der Waals surface area contributed by atoms with E-state index in [-0.39, 0.29) is 10.8 Å². The van der Waals surface area contributed by atoms with Crippen molar-refractivity contribution in [1.29, 1.82) is 0 Å². The second-order valence-corrected chi connectivity index (χ2v) is 15.0. The van der Waals surface area contributed by atoms with Crippen molar-refractivity contribution in [3.8, 4) is 27.9 Å². The maximum Gasteiger partial charge on any atom is 0.0543 e. The van der Waals surface area contributed by atoms with E-state index in [9.17, 15) is 0 Å². The van der Waals surface area contributed by atoms with Crippen LogP contribution in [0.15, 0.2) is 158 Å². The zero-order chi connectivity index (χ0) is 33.8. The van der Waals surface area contributed by atoms with Gasteiger partial charge in [0, 0.05) is 44.2 Å². The Morgan fingerprint density at radius 1 is 0.420 bits per heavy atom. The molecule has 240 valence electrons. The highest BCUT2D eigenvalue weighted by atomic mass is 15.1. The minimum Gasteiger partial charge on any atom is -0.310 e. The molecule has 0 unspecified atom stereocenters. The first kappa shape index (κ1) is 29.1. The SMILES string of the molecule is CC1(C)c2ccccc2-c2cc(N(c3ccc(-n4c5ccccc5c5ccccc54)cc3)c3cccc4c3-c3ccccc3C4(C)C)ccc21. The lowest BCUT2D eigenvalue weighted by Crippen LogP contribution is -2.16. The van der Waals surface area contributed by atoms with Gasteiger partial charge in [-0.05, 0) is 93.5 Å².